The van der Waals surface area contributed by atoms with Gasteiger partial charge in [0.2, 0.25) is 0 Å². The third kappa shape index (κ3) is 7.24. The van der Waals surface area contributed by atoms with Crippen molar-refractivity contribution in [3.8, 4) is 11.1 Å². The van der Waals surface area contributed by atoms with E-state index in [9.17, 15) is 17.3 Å². The van der Waals surface area contributed by atoms with Gasteiger partial charge in [0, 0.05) is 5.02 Å². The number of rotatable bonds is 4. The molecule has 4 aromatic carbocycles. The van der Waals surface area contributed by atoms with Crippen LogP contribution in [-0.2, 0) is 0 Å². The molecular formula is C24H19BClF4P. The number of hydrogen-bond donors (Lipinski definition) is 0. The van der Waals surface area contributed by atoms with E-state index in [1.807, 2.05) is 12.1 Å². The molecule has 0 amide bonds. The lowest BCUT2D eigenvalue weighted by molar-refractivity contribution is 0.368. The average Bonchev–Trinajstić information content (AvgIpc) is 2.76. The molecule has 4 rings (SSSR count). The van der Waals surface area contributed by atoms with Crippen molar-refractivity contribution in [2.24, 2.45) is 0 Å². The first-order valence-corrected chi connectivity index (χ1v) is 11.4. The van der Waals surface area contributed by atoms with E-state index >= 15 is 0 Å². The van der Waals surface area contributed by atoms with Crippen LogP contribution in [0.25, 0.3) is 11.1 Å². The standard InChI is InChI=1S/C24H18ClP.BF4/c25-21-15-11-19(12-16-21)20-13-17-24(18-14-20)26(22-7-3-1-4-8-22)23-9-5-2-6-10-23;2-1(3,4)5/h1-18H;/q;-1/p+1. The maximum absolute atomic E-state index is 9.75. The Balaban J connectivity index is 0.000000491. The zero-order valence-electron chi connectivity index (χ0n) is 16.4. The Labute approximate surface area is 185 Å². The van der Waals surface area contributed by atoms with E-state index in [0.717, 1.165) is 5.02 Å². The maximum Gasteiger partial charge on any atom is 0.673 e. The fourth-order valence-electron chi connectivity index (χ4n) is 3.18. The van der Waals surface area contributed by atoms with Crippen molar-refractivity contribution in [3.05, 3.63) is 114 Å². The molecule has 158 valence electrons. The number of benzene rings is 4. The Kier molecular flexibility index (Phi) is 7.89. The van der Waals surface area contributed by atoms with Gasteiger partial charge < -0.3 is 17.3 Å². The largest absolute Gasteiger partial charge is 0.673 e. The second-order valence-corrected chi connectivity index (χ2v) is 9.60. The Bertz CT molecular complexity index is 1030. The van der Waals surface area contributed by atoms with E-state index < -0.39 is 15.2 Å². The fourth-order valence-corrected chi connectivity index (χ4v) is 5.86. The van der Waals surface area contributed by atoms with Crippen LogP contribution in [0.3, 0.4) is 0 Å². The summed E-state index contributed by atoms with van der Waals surface area (Å²) in [7, 11) is -7.00. The van der Waals surface area contributed by atoms with Crippen molar-refractivity contribution in [3.63, 3.8) is 0 Å². The van der Waals surface area contributed by atoms with E-state index in [1.54, 1.807) is 0 Å². The summed E-state index contributed by atoms with van der Waals surface area (Å²) in [6, 6.07) is 38.7. The van der Waals surface area contributed by atoms with Gasteiger partial charge in [-0.3, -0.25) is 0 Å². The predicted molar refractivity (Wildman–Crippen MR) is 127 cm³/mol. The van der Waals surface area contributed by atoms with E-state index in [-0.39, 0.29) is 0 Å². The Morgan fingerprint density at radius 1 is 0.484 bits per heavy atom. The highest BCUT2D eigenvalue weighted by molar-refractivity contribution is 7.79. The number of hydrogen-bond acceptors (Lipinski definition) is 0. The molecule has 0 aliphatic carbocycles. The van der Waals surface area contributed by atoms with Crippen LogP contribution in [0.2, 0.25) is 5.02 Å². The lowest BCUT2D eigenvalue weighted by atomic mass is 10.1. The van der Waals surface area contributed by atoms with Crippen molar-refractivity contribution >= 4 is 42.7 Å². The first-order chi connectivity index (χ1) is 14.8. The van der Waals surface area contributed by atoms with E-state index in [2.05, 4.69) is 97.1 Å². The highest BCUT2D eigenvalue weighted by Crippen LogP contribution is 2.33. The smallest absolute Gasteiger partial charge is 0.418 e. The topological polar surface area (TPSA) is 0 Å². The molecule has 0 nitrogen and oxygen atoms in total. The summed E-state index contributed by atoms with van der Waals surface area (Å²) in [4.78, 5) is 0. The van der Waals surface area contributed by atoms with Gasteiger partial charge in [0.05, 0.1) is 7.92 Å². The third-order valence-electron chi connectivity index (χ3n) is 4.48. The molecule has 0 radical (unpaired) electrons. The molecule has 0 atom stereocenters. The summed E-state index contributed by atoms with van der Waals surface area (Å²) in [5.74, 6) is 0. The van der Waals surface area contributed by atoms with Crippen LogP contribution < -0.4 is 15.9 Å². The van der Waals surface area contributed by atoms with Crippen LogP contribution in [0.5, 0.6) is 0 Å². The molecule has 0 saturated heterocycles. The van der Waals surface area contributed by atoms with Gasteiger partial charge in [-0.1, -0.05) is 72.3 Å². The average molecular weight is 461 g/mol. The molecule has 0 aliphatic heterocycles. The summed E-state index contributed by atoms with van der Waals surface area (Å²) in [5.41, 5.74) is 2.40. The minimum absolute atomic E-state index is 0.768. The normalized spacial score (nSPS) is 11.0. The van der Waals surface area contributed by atoms with E-state index in [0.29, 0.717) is 0 Å². The van der Waals surface area contributed by atoms with Gasteiger partial charge in [0.1, 0.15) is 15.9 Å². The molecule has 7 heteroatoms. The first-order valence-electron chi connectivity index (χ1n) is 9.53. The van der Waals surface area contributed by atoms with Gasteiger partial charge in [-0.2, -0.15) is 0 Å². The molecule has 0 N–H and O–H groups in total. The molecule has 0 spiro atoms. The maximum atomic E-state index is 9.75. The van der Waals surface area contributed by atoms with E-state index in [1.165, 1.54) is 27.0 Å². The van der Waals surface area contributed by atoms with Gasteiger partial charge in [-0.25, -0.2) is 0 Å². The van der Waals surface area contributed by atoms with Crippen LogP contribution >= 0.6 is 19.5 Å². The Morgan fingerprint density at radius 2 is 0.806 bits per heavy atom. The molecule has 31 heavy (non-hydrogen) atoms. The van der Waals surface area contributed by atoms with Crippen LogP contribution in [0.1, 0.15) is 0 Å². The molecule has 0 bridgehead atoms. The summed E-state index contributed by atoms with van der Waals surface area (Å²) in [5, 5.41) is 4.97. The first kappa shape index (κ1) is 23.1. The molecule has 4 aromatic rings. The van der Waals surface area contributed by atoms with Crippen molar-refractivity contribution < 1.29 is 17.3 Å². The lowest BCUT2D eigenvalue weighted by Crippen LogP contribution is -2.20. The van der Waals surface area contributed by atoms with Crippen molar-refractivity contribution in [1.29, 1.82) is 0 Å². The number of halogens is 5. The van der Waals surface area contributed by atoms with Gasteiger partial charge in [0.15, 0.2) is 0 Å². The van der Waals surface area contributed by atoms with Crippen molar-refractivity contribution in [2.45, 2.75) is 0 Å². The van der Waals surface area contributed by atoms with Gasteiger partial charge >= 0.3 is 7.25 Å². The highest BCUT2D eigenvalue weighted by Gasteiger charge is 2.24. The summed E-state index contributed by atoms with van der Waals surface area (Å²) < 4.78 is 39.0. The Hall–Kier alpha value is -2.62. The van der Waals surface area contributed by atoms with Crippen molar-refractivity contribution in [2.75, 3.05) is 0 Å². The van der Waals surface area contributed by atoms with Crippen molar-refractivity contribution in [1.82, 2.24) is 0 Å². The van der Waals surface area contributed by atoms with Crippen LogP contribution in [0, 0.1) is 0 Å². The molecule has 0 fully saturated rings. The zero-order valence-corrected chi connectivity index (χ0v) is 18.1. The Morgan fingerprint density at radius 3 is 1.19 bits per heavy atom. The molecular weight excluding hydrogens is 441 g/mol. The van der Waals surface area contributed by atoms with E-state index in [4.69, 9.17) is 11.6 Å². The van der Waals surface area contributed by atoms with Gasteiger partial charge in [0.25, 0.3) is 0 Å². The molecule has 0 unspecified atom stereocenters. The quantitative estimate of drug-likeness (QED) is 0.179. The molecule has 0 saturated carbocycles. The molecule has 0 aliphatic rings. The van der Waals surface area contributed by atoms with Gasteiger partial charge in [-0.15, -0.1) is 0 Å². The minimum atomic E-state index is -6.00. The predicted octanol–water partition coefficient (Wildman–Crippen LogP) is 6.80. The fraction of sp³-hybridized carbons (Fsp3) is 0. The summed E-state index contributed by atoms with van der Waals surface area (Å²) >= 11 is 6.01. The van der Waals surface area contributed by atoms with Crippen LogP contribution in [0.4, 0.5) is 17.3 Å². The lowest BCUT2D eigenvalue weighted by Gasteiger charge is -2.11. The van der Waals surface area contributed by atoms with Crippen LogP contribution in [0.15, 0.2) is 109 Å². The summed E-state index contributed by atoms with van der Waals surface area (Å²) in [6.45, 7) is 0. The second-order valence-electron chi connectivity index (χ2n) is 6.69. The van der Waals surface area contributed by atoms with Gasteiger partial charge in [-0.05, 0) is 59.7 Å². The minimum Gasteiger partial charge on any atom is -0.418 e. The SMILES string of the molecule is Clc1ccc(-c2ccc([PH+](c3ccccc3)c3ccccc3)cc2)cc1.F[B-](F)(F)F. The zero-order chi connectivity index (χ0) is 22.3. The highest BCUT2D eigenvalue weighted by atomic mass is 35.5. The monoisotopic (exact) mass is 460 g/mol. The molecule has 0 aromatic heterocycles. The molecule has 0 heterocycles. The van der Waals surface area contributed by atoms with Crippen LogP contribution in [-0.4, -0.2) is 7.25 Å². The summed E-state index contributed by atoms with van der Waals surface area (Å²) in [6.07, 6.45) is 0. The second kappa shape index (κ2) is 10.6. The third-order valence-corrected chi connectivity index (χ3v) is 7.46.